The minimum Gasteiger partial charge on any atom is -0.494 e. The highest BCUT2D eigenvalue weighted by atomic mass is 79.9. The number of hydrogen-bond donors (Lipinski definition) is 1. The zero-order chi connectivity index (χ0) is 14.4. The minimum absolute atomic E-state index is 0.00296. The zero-order valence-corrected chi connectivity index (χ0v) is 13.1. The van der Waals surface area contributed by atoms with Gasteiger partial charge in [-0.15, -0.1) is 0 Å². The number of ether oxygens (including phenoxy) is 1. The first-order chi connectivity index (χ1) is 9.76. The number of fused-ring (bicyclic) bond motifs is 1. The van der Waals surface area contributed by atoms with Gasteiger partial charge in [-0.05, 0) is 30.2 Å². The molecular weight excluding hydrogens is 318 g/mol. The summed E-state index contributed by atoms with van der Waals surface area (Å²) in [4.78, 5) is 11.3. The van der Waals surface area contributed by atoms with E-state index in [0.717, 1.165) is 17.7 Å². The molecule has 106 valence electrons. The zero-order valence-electron chi connectivity index (χ0n) is 11.5. The highest BCUT2D eigenvalue weighted by molar-refractivity contribution is 9.09. The second-order valence-corrected chi connectivity index (χ2v) is 4.99. The molecule has 0 spiro atoms. The fraction of sp³-hybridized carbons (Fsp3) is 0.312. The number of alkyl halides is 1. The minimum atomic E-state index is 0.00296. The Hall–Kier alpha value is -1.55. The van der Waals surface area contributed by atoms with Crippen LogP contribution in [0.5, 0.6) is 5.75 Å². The van der Waals surface area contributed by atoms with Crippen LogP contribution in [-0.2, 0) is 11.2 Å². The summed E-state index contributed by atoms with van der Waals surface area (Å²) in [5.74, 6) is 0.905. The van der Waals surface area contributed by atoms with Gasteiger partial charge in [0, 0.05) is 12.1 Å². The molecule has 2 rings (SSSR count). The molecule has 0 unspecified atom stereocenters. The molecular formula is C16H18BrNO2. The van der Waals surface area contributed by atoms with Crippen LogP contribution in [0.25, 0.3) is 10.8 Å². The van der Waals surface area contributed by atoms with Crippen molar-refractivity contribution in [2.24, 2.45) is 0 Å². The van der Waals surface area contributed by atoms with Crippen molar-refractivity contribution in [2.45, 2.75) is 13.3 Å². The highest BCUT2D eigenvalue weighted by Crippen LogP contribution is 2.28. The van der Waals surface area contributed by atoms with Crippen molar-refractivity contribution < 1.29 is 9.53 Å². The van der Waals surface area contributed by atoms with E-state index in [0.29, 0.717) is 18.5 Å². The van der Waals surface area contributed by atoms with Crippen molar-refractivity contribution in [3.8, 4) is 5.75 Å². The largest absolute Gasteiger partial charge is 0.494 e. The lowest BCUT2D eigenvalue weighted by atomic mass is 10.0. The maximum Gasteiger partial charge on any atom is 0.230 e. The summed E-state index contributed by atoms with van der Waals surface area (Å²) in [6.07, 6.45) is 0.759. The molecule has 20 heavy (non-hydrogen) atoms. The third-order valence-corrected chi connectivity index (χ3v) is 3.63. The van der Waals surface area contributed by atoms with Crippen molar-refractivity contribution in [1.29, 1.82) is 0 Å². The molecule has 0 aliphatic rings. The quantitative estimate of drug-likeness (QED) is 0.822. The van der Waals surface area contributed by atoms with Crippen LogP contribution in [0.2, 0.25) is 0 Å². The summed E-state index contributed by atoms with van der Waals surface area (Å²) < 4.78 is 5.71. The Labute approximate surface area is 127 Å². The van der Waals surface area contributed by atoms with E-state index in [9.17, 15) is 4.79 Å². The van der Waals surface area contributed by atoms with Crippen LogP contribution in [0.4, 0.5) is 0 Å². The monoisotopic (exact) mass is 335 g/mol. The fourth-order valence-corrected chi connectivity index (χ4v) is 2.44. The highest BCUT2D eigenvalue weighted by Gasteiger charge is 2.09. The molecule has 1 N–H and O–H groups in total. The Morgan fingerprint density at radius 2 is 2.05 bits per heavy atom. The van der Waals surface area contributed by atoms with Crippen LogP contribution < -0.4 is 10.1 Å². The standard InChI is InChI=1S/C16H18BrNO2/c1-2-20-15-8-7-12-5-3-4-6-13(12)14(15)9-10-18-16(19)11-17/h3-8H,2,9-11H2,1H3,(H,18,19). The van der Waals surface area contributed by atoms with Crippen molar-refractivity contribution >= 4 is 32.6 Å². The van der Waals surface area contributed by atoms with Crippen LogP contribution in [0.15, 0.2) is 36.4 Å². The first-order valence-corrected chi connectivity index (χ1v) is 7.84. The average molecular weight is 336 g/mol. The van der Waals surface area contributed by atoms with Crippen LogP contribution in [-0.4, -0.2) is 24.4 Å². The summed E-state index contributed by atoms with van der Waals surface area (Å²) in [5, 5.41) is 5.59. The number of amides is 1. The smallest absolute Gasteiger partial charge is 0.230 e. The molecule has 0 saturated heterocycles. The second-order valence-electron chi connectivity index (χ2n) is 4.43. The van der Waals surface area contributed by atoms with Gasteiger partial charge in [-0.2, -0.15) is 0 Å². The van der Waals surface area contributed by atoms with Gasteiger partial charge in [0.25, 0.3) is 0 Å². The van der Waals surface area contributed by atoms with Crippen LogP contribution >= 0.6 is 15.9 Å². The predicted molar refractivity (Wildman–Crippen MR) is 85.6 cm³/mol. The van der Waals surface area contributed by atoms with Crippen LogP contribution in [0, 0.1) is 0 Å². The number of carbonyl (C=O) groups excluding carboxylic acids is 1. The number of carbonyl (C=O) groups is 1. The molecule has 0 aromatic heterocycles. The lowest BCUT2D eigenvalue weighted by Crippen LogP contribution is -2.26. The topological polar surface area (TPSA) is 38.3 Å². The predicted octanol–water partition coefficient (Wildman–Crippen LogP) is 3.29. The first kappa shape index (κ1) is 14.9. The van der Waals surface area contributed by atoms with Crippen molar-refractivity contribution in [3.05, 3.63) is 42.0 Å². The number of nitrogens with one attached hydrogen (secondary N) is 1. The van der Waals surface area contributed by atoms with E-state index in [1.54, 1.807) is 0 Å². The molecule has 2 aromatic rings. The molecule has 3 nitrogen and oxygen atoms in total. The van der Waals surface area contributed by atoms with E-state index in [1.165, 1.54) is 10.8 Å². The third kappa shape index (κ3) is 3.51. The van der Waals surface area contributed by atoms with Gasteiger partial charge in [-0.1, -0.05) is 46.3 Å². The Balaban J connectivity index is 2.27. The van der Waals surface area contributed by atoms with E-state index in [-0.39, 0.29) is 5.91 Å². The molecule has 0 radical (unpaired) electrons. The molecule has 4 heteroatoms. The van der Waals surface area contributed by atoms with E-state index in [1.807, 2.05) is 25.1 Å². The molecule has 0 fully saturated rings. The molecule has 0 bridgehead atoms. The van der Waals surface area contributed by atoms with Gasteiger partial charge in [-0.3, -0.25) is 4.79 Å². The summed E-state index contributed by atoms with van der Waals surface area (Å²) >= 11 is 3.14. The SMILES string of the molecule is CCOc1ccc2ccccc2c1CCNC(=O)CBr. The number of hydrogen-bond acceptors (Lipinski definition) is 2. The van der Waals surface area contributed by atoms with Gasteiger partial charge in [0.15, 0.2) is 0 Å². The molecule has 2 aromatic carbocycles. The van der Waals surface area contributed by atoms with Crippen molar-refractivity contribution in [1.82, 2.24) is 5.32 Å². The van der Waals surface area contributed by atoms with E-state index >= 15 is 0 Å². The summed E-state index contributed by atoms with van der Waals surface area (Å²) in [6.45, 7) is 3.23. The first-order valence-electron chi connectivity index (χ1n) is 6.72. The normalized spacial score (nSPS) is 10.5. The summed E-state index contributed by atoms with van der Waals surface area (Å²) in [7, 11) is 0. The van der Waals surface area contributed by atoms with Gasteiger partial charge in [0.1, 0.15) is 5.75 Å². The molecule has 1 amide bonds. The average Bonchev–Trinajstić information content (AvgIpc) is 2.49. The Morgan fingerprint density at radius 3 is 2.80 bits per heavy atom. The molecule has 0 aliphatic carbocycles. The molecule has 0 atom stereocenters. The molecule has 0 aliphatic heterocycles. The number of halogens is 1. The van der Waals surface area contributed by atoms with E-state index in [2.05, 4.69) is 39.4 Å². The van der Waals surface area contributed by atoms with Gasteiger partial charge >= 0.3 is 0 Å². The number of benzene rings is 2. The van der Waals surface area contributed by atoms with E-state index in [4.69, 9.17) is 4.74 Å². The maximum atomic E-state index is 11.3. The Morgan fingerprint density at radius 1 is 1.25 bits per heavy atom. The number of rotatable bonds is 6. The van der Waals surface area contributed by atoms with Gasteiger partial charge < -0.3 is 10.1 Å². The van der Waals surface area contributed by atoms with Gasteiger partial charge in [-0.25, -0.2) is 0 Å². The summed E-state index contributed by atoms with van der Waals surface area (Å²) in [5.41, 5.74) is 1.15. The van der Waals surface area contributed by atoms with Gasteiger partial charge in [0.05, 0.1) is 11.9 Å². The third-order valence-electron chi connectivity index (χ3n) is 3.12. The Kier molecular flexibility index (Phi) is 5.41. The molecule has 0 heterocycles. The van der Waals surface area contributed by atoms with Crippen molar-refractivity contribution in [2.75, 3.05) is 18.5 Å². The van der Waals surface area contributed by atoms with Crippen molar-refractivity contribution in [3.63, 3.8) is 0 Å². The molecule has 0 saturated carbocycles. The van der Waals surface area contributed by atoms with Gasteiger partial charge in [0.2, 0.25) is 5.91 Å². The van der Waals surface area contributed by atoms with Crippen LogP contribution in [0.1, 0.15) is 12.5 Å². The van der Waals surface area contributed by atoms with E-state index < -0.39 is 0 Å². The summed E-state index contributed by atoms with van der Waals surface area (Å²) in [6, 6.07) is 12.3. The lowest BCUT2D eigenvalue weighted by Gasteiger charge is -2.13. The maximum absolute atomic E-state index is 11.3. The fourth-order valence-electron chi connectivity index (χ4n) is 2.24. The Bertz CT molecular complexity index is 598. The second kappa shape index (κ2) is 7.29. The van der Waals surface area contributed by atoms with Crippen LogP contribution in [0.3, 0.4) is 0 Å². The lowest BCUT2D eigenvalue weighted by molar-refractivity contribution is -0.118.